The average molecular weight is 346 g/mol. The molecule has 0 aliphatic carbocycles. The van der Waals surface area contributed by atoms with Crippen molar-refractivity contribution in [2.75, 3.05) is 7.11 Å². The van der Waals surface area contributed by atoms with Crippen LogP contribution in [0.15, 0.2) is 58.2 Å². The molecule has 0 amide bonds. The van der Waals surface area contributed by atoms with Gasteiger partial charge in [-0.1, -0.05) is 18.2 Å². The molecule has 0 saturated heterocycles. The number of phenols is 1. The highest BCUT2D eigenvalue weighted by atomic mass is 32.2. The minimum Gasteiger partial charge on any atom is -0.504 e. The Morgan fingerprint density at radius 3 is 2.46 bits per heavy atom. The number of hydrogen-bond acceptors (Lipinski definition) is 5. The standard InChI is InChI=1S/C16H14N2O5S/c1-23-14-7-6-11(9-13(14)19)18-12-5-3-2-4-10(12)8-15(16(18)20)24(17,21)22/h2-9,19H,1H3,(H2,17,21,22). The molecule has 3 N–H and O–H groups in total. The number of fused-ring (bicyclic) bond motifs is 1. The molecular weight excluding hydrogens is 332 g/mol. The first kappa shape index (κ1) is 16.0. The van der Waals surface area contributed by atoms with Gasteiger partial charge in [0, 0.05) is 11.5 Å². The van der Waals surface area contributed by atoms with Gasteiger partial charge in [-0.25, -0.2) is 13.6 Å². The normalized spacial score (nSPS) is 11.6. The molecule has 7 nitrogen and oxygen atoms in total. The molecule has 0 fully saturated rings. The molecule has 3 aromatic rings. The van der Waals surface area contributed by atoms with Gasteiger partial charge in [0.15, 0.2) is 11.5 Å². The summed E-state index contributed by atoms with van der Waals surface area (Å²) in [4.78, 5) is 12.2. The van der Waals surface area contributed by atoms with E-state index in [0.29, 0.717) is 16.6 Å². The number of sulfonamides is 1. The van der Waals surface area contributed by atoms with Crippen molar-refractivity contribution in [1.82, 2.24) is 4.57 Å². The number of pyridine rings is 1. The minimum atomic E-state index is -4.20. The summed E-state index contributed by atoms with van der Waals surface area (Å²) in [5, 5.41) is 15.6. The Balaban J connectivity index is 2.44. The molecule has 0 saturated carbocycles. The number of aromatic nitrogens is 1. The van der Waals surface area contributed by atoms with Crippen LogP contribution in [0.5, 0.6) is 11.5 Å². The fourth-order valence-corrected chi connectivity index (χ4v) is 3.14. The largest absolute Gasteiger partial charge is 0.504 e. The zero-order valence-electron chi connectivity index (χ0n) is 12.6. The van der Waals surface area contributed by atoms with E-state index in [1.165, 1.54) is 29.9 Å². The van der Waals surface area contributed by atoms with Crippen molar-refractivity contribution in [2.45, 2.75) is 4.90 Å². The first-order valence-electron chi connectivity index (χ1n) is 6.88. The van der Waals surface area contributed by atoms with Crippen molar-refractivity contribution in [2.24, 2.45) is 5.14 Å². The number of rotatable bonds is 3. The summed E-state index contributed by atoms with van der Waals surface area (Å²) in [6.45, 7) is 0. The maximum absolute atomic E-state index is 12.7. The first-order chi connectivity index (χ1) is 11.3. The van der Waals surface area contributed by atoms with Crippen molar-refractivity contribution >= 4 is 20.9 Å². The third-order valence-corrected chi connectivity index (χ3v) is 4.51. The summed E-state index contributed by atoms with van der Waals surface area (Å²) >= 11 is 0. The highest BCUT2D eigenvalue weighted by Crippen LogP contribution is 2.29. The molecule has 1 aromatic heterocycles. The van der Waals surface area contributed by atoms with Gasteiger partial charge in [0.25, 0.3) is 5.56 Å². The molecule has 124 valence electrons. The first-order valence-corrected chi connectivity index (χ1v) is 8.42. The summed E-state index contributed by atoms with van der Waals surface area (Å²) < 4.78 is 29.7. The maximum atomic E-state index is 12.7. The number of ether oxygens (including phenoxy) is 1. The maximum Gasteiger partial charge on any atom is 0.275 e. The van der Waals surface area contributed by atoms with Crippen molar-refractivity contribution in [3.8, 4) is 17.2 Å². The van der Waals surface area contributed by atoms with Gasteiger partial charge in [0.2, 0.25) is 10.0 Å². The van der Waals surface area contributed by atoms with E-state index in [1.54, 1.807) is 30.3 Å². The molecule has 0 radical (unpaired) electrons. The molecule has 8 heteroatoms. The molecule has 0 atom stereocenters. The molecule has 2 aromatic carbocycles. The van der Waals surface area contributed by atoms with Gasteiger partial charge in [-0.15, -0.1) is 0 Å². The number of methoxy groups -OCH3 is 1. The Kier molecular flexibility index (Phi) is 3.78. The van der Waals surface area contributed by atoms with Crippen LogP contribution in [-0.2, 0) is 10.0 Å². The number of nitrogens with two attached hydrogens (primary N) is 1. The number of nitrogens with zero attached hydrogens (tertiary/aromatic N) is 1. The van der Waals surface area contributed by atoms with Gasteiger partial charge < -0.3 is 9.84 Å². The third kappa shape index (κ3) is 2.61. The van der Waals surface area contributed by atoms with Gasteiger partial charge in [-0.3, -0.25) is 9.36 Å². The highest BCUT2D eigenvalue weighted by molar-refractivity contribution is 7.89. The molecule has 0 bridgehead atoms. The van der Waals surface area contributed by atoms with Crippen molar-refractivity contribution in [3.63, 3.8) is 0 Å². The molecule has 3 rings (SSSR count). The summed E-state index contributed by atoms with van der Waals surface area (Å²) in [6.07, 6.45) is 0. The van der Waals surface area contributed by atoms with E-state index < -0.39 is 20.5 Å². The van der Waals surface area contributed by atoms with Crippen LogP contribution in [-0.4, -0.2) is 25.2 Å². The third-order valence-electron chi connectivity index (χ3n) is 3.61. The monoisotopic (exact) mass is 346 g/mol. The Bertz CT molecular complexity index is 1100. The zero-order chi connectivity index (χ0) is 17.5. The van der Waals surface area contributed by atoms with Gasteiger partial charge in [-0.2, -0.15) is 0 Å². The van der Waals surface area contributed by atoms with Crippen LogP contribution in [0.3, 0.4) is 0 Å². The van der Waals surface area contributed by atoms with Crippen LogP contribution in [0.1, 0.15) is 0 Å². The van der Waals surface area contributed by atoms with Crippen LogP contribution in [0.25, 0.3) is 16.6 Å². The summed E-state index contributed by atoms with van der Waals surface area (Å²) in [6, 6.07) is 12.4. The summed E-state index contributed by atoms with van der Waals surface area (Å²) in [7, 11) is -2.80. The predicted octanol–water partition coefficient (Wildman–Crippen LogP) is 1.35. The lowest BCUT2D eigenvalue weighted by Gasteiger charge is -2.13. The zero-order valence-corrected chi connectivity index (χ0v) is 13.4. The second kappa shape index (κ2) is 5.66. The van der Waals surface area contributed by atoms with Crippen molar-refractivity contribution in [1.29, 1.82) is 0 Å². The molecule has 0 unspecified atom stereocenters. The smallest absolute Gasteiger partial charge is 0.275 e. The molecular formula is C16H14N2O5S. The number of para-hydroxylation sites is 1. The summed E-state index contributed by atoms with van der Waals surface area (Å²) in [5.41, 5.74) is -0.0137. The van der Waals surface area contributed by atoms with E-state index in [-0.39, 0.29) is 11.5 Å². The van der Waals surface area contributed by atoms with E-state index >= 15 is 0 Å². The SMILES string of the molecule is COc1ccc(-n2c(=O)c(S(N)(=O)=O)cc3ccccc32)cc1O. The van der Waals surface area contributed by atoms with E-state index in [0.717, 1.165) is 0 Å². The van der Waals surface area contributed by atoms with E-state index in [2.05, 4.69) is 0 Å². The molecule has 1 heterocycles. The Morgan fingerprint density at radius 1 is 1.12 bits per heavy atom. The number of primary sulfonamides is 1. The fraction of sp³-hybridized carbons (Fsp3) is 0.0625. The predicted molar refractivity (Wildman–Crippen MR) is 89.1 cm³/mol. The topological polar surface area (TPSA) is 112 Å². The average Bonchev–Trinajstić information content (AvgIpc) is 2.53. The number of phenolic OH excluding ortho intramolecular Hbond substituents is 1. The summed E-state index contributed by atoms with van der Waals surface area (Å²) in [5.74, 6) is 0.0608. The van der Waals surface area contributed by atoms with Crippen LogP contribution in [0.2, 0.25) is 0 Å². The lowest BCUT2D eigenvalue weighted by atomic mass is 10.2. The fourth-order valence-electron chi connectivity index (χ4n) is 2.51. The number of hydrogen-bond donors (Lipinski definition) is 2. The Hall–Kier alpha value is -2.84. The van der Waals surface area contributed by atoms with Crippen molar-refractivity contribution < 1.29 is 18.3 Å². The van der Waals surface area contributed by atoms with E-state index in [4.69, 9.17) is 9.88 Å². The van der Waals surface area contributed by atoms with Gasteiger partial charge in [0.1, 0.15) is 4.90 Å². The van der Waals surface area contributed by atoms with Gasteiger partial charge in [0.05, 0.1) is 18.3 Å². The minimum absolute atomic E-state index is 0.174. The van der Waals surface area contributed by atoms with Gasteiger partial charge >= 0.3 is 0 Å². The van der Waals surface area contributed by atoms with E-state index in [1.807, 2.05) is 0 Å². The second-order valence-electron chi connectivity index (χ2n) is 5.11. The van der Waals surface area contributed by atoms with Crippen LogP contribution < -0.4 is 15.4 Å². The van der Waals surface area contributed by atoms with Crippen LogP contribution in [0.4, 0.5) is 0 Å². The van der Waals surface area contributed by atoms with E-state index in [9.17, 15) is 18.3 Å². The number of aromatic hydroxyl groups is 1. The highest BCUT2D eigenvalue weighted by Gasteiger charge is 2.19. The Labute approximate surface area is 137 Å². The second-order valence-corrected chi connectivity index (χ2v) is 6.64. The lowest BCUT2D eigenvalue weighted by molar-refractivity contribution is 0.373. The quantitative estimate of drug-likeness (QED) is 0.743. The molecule has 0 aliphatic rings. The number of benzene rings is 2. The Morgan fingerprint density at radius 2 is 1.83 bits per heavy atom. The van der Waals surface area contributed by atoms with Crippen LogP contribution >= 0.6 is 0 Å². The lowest BCUT2D eigenvalue weighted by Crippen LogP contribution is -2.28. The van der Waals surface area contributed by atoms with Gasteiger partial charge in [-0.05, 0) is 24.3 Å². The van der Waals surface area contributed by atoms with Crippen molar-refractivity contribution in [3.05, 3.63) is 58.9 Å². The molecule has 0 aliphatic heterocycles. The molecule has 0 spiro atoms. The van der Waals surface area contributed by atoms with Crippen LogP contribution in [0, 0.1) is 0 Å². The molecule has 24 heavy (non-hydrogen) atoms.